The van der Waals surface area contributed by atoms with E-state index in [0.29, 0.717) is 5.56 Å². The van der Waals surface area contributed by atoms with Crippen LogP contribution in [-0.4, -0.2) is 29.8 Å². The highest BCUT2D eigenvalue weighted by atomic mass is 32.1. The maximum absolute atomic E-state index is 13.8. The number of hydrogen-bond acceptors (Lipinski definition) is 3. The number of nitrogens with zero attached hydrogens (tertiary/aromatic N) is 1. The maximum atomic E-state index is 13.8. The number of nitrogens with two attached hydrogens (primary N) is 1. The van der Waals surface area contributed by atoms with Gasteiger partial charge in [-0.2, -0.15) is 0 Å². The number of benzene rings is 1. The minimum atomic E-state index is -0.383. The predicted octanol–water partition coefficient (Wildman–Crippen LogP) is 1.67. The molecule has 0 bridgehead atoms. The first-order valence-corrected chi connectivity index (χ1v) is 6.48. The summed E-state index contributed by atoms with van der Waals surface area (Å²) in [6, 6.07) is 4.86. The van der Waals surface area contributed by atoms with E-state index in [2.05, 4.69) is 4.90 Å². The Labute approximate surface area is 111 Å². The van der Waals surface area contributed by atoms with Crippen LogP contribution in [0.15, 0.2) is 18.2 Å². The first-order valence-electron chi connectivity index (χ1n) is 6.07. The Morgan fingerprint density at radius 1 is 1.56 bits per heavy atom. The molecule has 0 amide bonds. The molecule has 0 aliphatic carbocycles. The maximum Gasteiger partial charge on any atom is 0.135 e. The molecule has 1 aromatic carbocycles. The lowest BCUT2D eigenvalue weighted by Gasteiger charge is -2.34. The fourth-order valence-corrected chi connectivity index (χ4v) is 2.66. The monoisotopic (exact) mass is 268 g/mol. The molecule has 1 aliphatic heterocycles. The molecular weight excluding hydrogens is 251 g/mol. The minimum Gasteiger partial charge on any atom is -0.396 e. The molecule has 2 rings (SSSR count). The summed E-state index contributed by atoms with van der Waals surface area (Å²) < 4.78 is 13.8. The second kappa shape index (κ2) is 5.63. The number of anilines is 1. The van der Waals surface area contributed by atoms with E-state index < -0.39 is 0 Å². The Morgan fingerprint density at radius 3 is 3.00 bits per heavy atom. The van der Waals surface area contributed by atoms with Crippen molar-refractivity contribution in [2.45, 2.75) is 12.8 Å². The van der Waals surface area contributed by atoms with Crippen LogP contribution in [0.1, 0.15) is 18.4 Å². The summed E-state index contributed by atoms with van der Waals surface area (Å²) in [5.74, 6) is -0.146. The average Bonchev–Trinajstić information content (AvgIpc) is 2.38. The predicted molar refractivity (Wildman–Crippen MR) is 74.3 cm³/mol. The van der Waals surface area contributed by atoms with Gasteiger partial charge in [-0.25, -0.2) is 4.39 Å². The molecule has 1 aliphatic rings. The van der Waals surface area contributed by atoms with Crippen LogP contribution < -0.4 is 10.6 Å². The lowest BCUT2D eigenvalue weighted by molar-refractivity contribution is 0.208. The average molecular weight is 268 g/mol. The Bertz CT molecular complexity index is 453. The van der Waals surface area contributed by atoms with Gasteiger partial charge in [0.2, 0.25) is 0 Å². The molecule has 1 atom stereocenters. The third-order valence-corrected chi connectivity index (χ3v) is 3.56. The van der Waals surface area contributed by atoms with Gasteiger partial charge < -0.3 is 15.7 Å². The number of aliphatic hydroxyl groups excluding tert-OH is 1. The van der Waals surface area contributed by atoms with E-state index in [4.69, 9.17) is 18.0 Å². The first kappa shape index (κ1) is 13.2. The minimum absolute atomic E-state index is 0.0780. The summed E-state index contributed by atoms with van der Waals surface area (Å²) >= 11 is 4.93. The van der Waals surface area contributed by atoms with E-state index in [9.17, 15) is 9.50 Å². The van der Waals surface area contributed by atoms with Crippen LogP contribution in [0.2, 0.25) is 0 Å². The normalized spacial score (nSPS) is 19.9. The number of thiocarbonyl (C=S) groups is 1. The van der Waals surface area contributed by atoms with E-state index in [1.54, 1.807) is 6.07 Å². The molecule has 0 saturated carbocycles. The second-order valence-corrected chi connectivity index (χ2v) is 5.07. The standard InChI is InChI=1S/C13H17FN2OS/c14-10-4-1-5-11(12(10)13(15)18)16-6-2-3-9(7-16)8-17/h1,4-5,9,17H,2-3,6-8H2,(H2,15,18). The summed E-state index contributed by atoms with van der Waals surface area (Å²) in [7, 11) is 0. The third-order valence-electron chi connectivity index (χ3n) is 3.36. The molecule has 5 heteroatoms. The van der Waals surface area contributed by atoms with Gasteiger partial charge >= 0.3 is 0 Å². The van der Waals surface area contributed by atoms with Crippen LogP contribution in [0.3, 0.4) is 0 Å². The van der Waals surface area contributed by atoms with Crippen molar-refractivity contribution in [2.24, 2.45) is 11.7 Å². The smallest absolute Gasteiger partial charge is 0.135 e. The van der Waals surface area contributed by atoms with Gasteiger partial charge in [0.05, 0.1) is 5.56 Å². The summed E-state index contributed by atoms with van der Waals surface area (Å²) in [5.41, 5.74) is 6.65. The van der Waals surface area contributed by atoms with Gasteiger partial charge in [0.1, 0.15) is 10.8 Å². The summed E-state index contributed by atoms with van der Waals surface area (Å²) in [4.78, 5) is 2.14. The van der Waals surface area contributed by atoms with Crippen molar-refractivity contribution in [3.63, 3.8) is 0 Å². The van der Waals surface area contributed by atoms with Crippen LogP contribution in [-0.2, 0) is 0 Å². The highest BCUT2D eigenvalue weighted by Gasteiger charge is 2.23. The molecule has 0 aromatic heterocycles. The molecular formula is C13H17FN2OS. The molecule has 98 valence electrons. The quantitative estimate of drug-likeness (QED) is 0.819. The van der Waals surface area contributed by atoms with E-state index >= 15 is 0 Å². The lowest BCUT2D eigenvalue weighted by atomic mass is 9.97. The number of aliphatic hydroxyl groups is 1. The molecule has 3 nitrogen and oxygen atoms in total. The van der Waals surface area contributed by atoms with Crippen molar-refractivity contribution in [3.05, 3.63) is 29.6 Å². The van der Waals surface area contributed by atoms with Gasteiger partial charge in [0, 0.05) is 25.4 Å². The van der Waals surface area contributed by atoms with Gasteiger partial charge in [0.15, 0.2) is 0 Å². The van der Waals surface area contributed by atoms with Gasteiger partial charge in [-0.15, -0.1) is 0 Å². The molecule has 0 spiro atoms. The van der Waals surface area contributed by atoms with Crippen molar-refractivity contribution < 1.29 is 9.50 Å². The Balaban J connectivity index is 2.32. The fourth-order valence-electron chi connectivity index (χ4n) is 2.45. The van der Waals surface area contributed by atoms with Crippen LogP contribution in [0, 0.1) is 11.7 Å². The topological polar surface area (TPSA) is 49.5 Å². The Morgan fingerprint density at radius 2 is 2.33 bits per heavy atom. The summed E-state index contributed by atoms with van der Waals surface area (Å²) in [6.45, 7) is 1.72. The van der Waals surface area contributed by atoms with Gasteiger partial charge in [0.25, 0.3) is 0 Å². The van der Waals surface area contributed by atoms with Gasteiger partial charge in [-0.1, -0.05) is 18.3 Å². The lowest BCUT2D eigenvalue weighted by Crippen LogP contribution is -2.38. The largest absolute Gasteiger partial charge is 0.396 e. The second-order valence-electron chi connectivity index (χ2n) is 4.64. The van der Waals surface area contributed by atoms with Gasteiger partial charge in [-0.3, -0.25) is 0 Å². The fraction of sp³-hybridized carbons (Fsp3) is 0.462. The van der Waals surface area contributed by atoms with Gasteiger partial charge in [-0.05, 0) is 30.9 Å². The highest BCUT2D eigenvalue weighted by Crippen LogP contribution is 2.27. The zero-order valence-electron chi connectivity index (χ0n) is 10.1. The summed E-state index contributed by atoms with van der Waals surface area (Å²) in [6.07, 6.45) is 1.99. The number of rotatable bonds is 3. The first-order chi connectivity index (χ1) is 8.63. The number of hydrogen-bond donors (Lipinski definition) is 2. The number of piperidine rings is 1. The van der Waals surface area contributed by atoms with E-state index in [-0.39, 0.29) is 23.3 Å². The Kier molecular flexibility index (Phi) is 4.14. The molecule has 1 saturated heterocycles. The molecule has 0 radical (unpaired) electrons. The zero-order chi connectivity index (χ0) is 13.1. The molecule has 1 fully saturated rings. The molecule has 1 heterocycles. The molecule has 1 unspecified atom stereocenters. The van der Waals surface area contributed by atoms with E-state index in [0.717, 1.165) is 31.6 Å². The van der Waals surface area contributed by atoms with Crippen LogP contribution >= 0.6 is 12.2 Å². The third kappa shape index (κ3) is 2.62. The highest BCUT2D eigenvalue weighted by molar-refractivity contribution is 7.80. The van der Waals surface area contributed by atoms with Crippen LogP contribution in [0.5, 0.6) is 0 Å². The molecule has 1 aromatic rings. The van der Waals surface area contributed by atoms with Crippen molar-refractivity contribution in [2.75, 3.05) is 24.6 Å². The molecule has 18 heavy (non-hydrogen) atoms. The van der Waals surface area contributed by atoms with Crippen LogP contribution in [0.4, 0.5) is 10.1 Å². The van der Waals surface area contributed by atoms with Crippen molar-refractivity contribution in [1.82, 2.24) is 0 Å². The zero-order valence-corrected chi connectivity index (χ0v) is 10.9. The van der Waals surface area contributed by atoms with E-state index in [1.807, 2.05) is 6.07 Å². The van der Waals surface area contributed by atoms with Crippen molar-refractivity contribution in [1.29, 1.82) is 0 Å². The van der Waals surface area contributed by atoms with Crippen LogP contribution in [0.25, 0.3) is 0 Å². The Hall–Kier alpha value is -1.20. The SMILES string of the molecule is NC(=S)c1c(F)cccc1N1CCCC(CO)C1. The van der Waals surface area contributed by atoms with Crippen molar-refractivity contribution >= 4 is 22.9 Å². The summed E-state index contributed by atoms with van der Waals surface area (Å²) in [5, 5.41) is 9.24. The van der Waals surface area contributed by atoms with Crippen molar-refractivity contribution in [3.8, 4) is 0 Å². The van der Waals surface area contributed by atoms with E-state index in [1.165, 1.54) is 6.07 Å². The number of halogens is 1. The molecule has 3 N–H and O–H groups in total.